The van der Waals surface area contributed by atoms with Crippen LogP contribution in [0, 0.1) is 24.7 Å². The van der Waals surface area contributed by atoms with E-state index in [1.54, 1.807) is 37.3 Å². The van der Waals surface area contributed by atoms with Gasteiger partial charge in [0, 0.05) is 33.2 Å². The molecule has 1 saturated heterocycles. The predicted molar refractivity (Wildman–Crippen MR) is 145 cm³/mol. The van der Waals surface area contributed by atoms with E-state index in [9.17, 15) is 24.3 Å². The number of hydrogen-bond donors (Lipinski definition) is 1. The van der Waals surface area contributed by atoms with Gasteiger partial charge in [-0.05, 0) is 74.6 Å². The van der Waals surface area contributed by atoms with Crippen molar-refractivity contribution in [1.29, 1.82) is 0 Å². The van der Waals surface area contributed by atoms with Gasteiger partial charge in [0.05, 0.1) is 24.6 Å². The Hall–Kier alpha value is -3.97. The molecule has 1 N–H and O–H groups in total. The lowest BCUT2D eigenvalue weighted by Gasteiger charge is -2.42. The Morgan fingerprint density at radius 3 is 2.49 bits per heavy atom. The summed E-state index contributed by atoms with van der Waals surface area (Å²) in [4.78, 5) is 55.5. The van der Waals surface area contributed by atoms with Crippen molar-refractivity contribution in [2.45, 2.75) is 32.6 Å². The number of halogens is 1. The molecule has 0 saturated carbocycles. The van der Waals surface area contributed by atoms with E-state index < -0.39 is 23.7 Å². The van der Waals surface area contributed by atoms with Crippen LogP contribution < -0.4 is 9.64 Å². The number of imide groups is 1. The molecule has 7 nitrogen and oxygen atoms in total. The molecular weight excluding hydrogens is 518 g/mol. The average Bonchev–Trinajstić information content (AvgIpc) is 3.18. The van der Waals surface area contributed by atoms with Crippen molar-refractivity contribution in [1.82, 2.24) is 0 Å². The summed E-state index contributed by atoms with van der Waals surface area (Å²) in [6, 6.07) is 9.86. The first-order valence-electron chi connectivity index (χ1n) is 12.8. The van der Waals surface area contributed by atoms with Crippen LogP contribution in [-0.4, -0.2) is 35.6 Å². The SMILES string of the molecule is COc1ccc(O)c([C@H]2C3=CC[C@@H]4C(=O)N(c5ccc(C)c(Cl)c5)C(=O)[C@@H]4[C@@H]3CC3=C2C(=O)C=C(C)C3=O)c1. The largest absolute Gasteiger partial charge is 0.508 e. The number of nitrogens with zero attached hydrogens (tertiary/aromatic N) is 1. The molecule has 0 radical (unpaired) electrons. The summed E-state index contributed by atoms with van der Waals surface area (Å²) in [6.07, 6.45) is 3.72. The molecule has 4 atom stereocenters. The number of carbonyl (C=O) groups excluding carboxylic acids is 4. The van der Waals surface area contributed by atoms with Crippen molar-refractivity contribution < 1.29 is 29.0 Å². The molecule has 0 bridgehead atoms. The Labute approximate surface area is 230 Å². The number of aromatic hydroxyl groups is 1. The summed E-state index contributed by atoms with van der Waals surface area (Å²) in [5, 5.41) is 11.4. The lowest BCUT2D eigenvalue weighted by atomic mass is 9.59. The fourth-order valence-corrected chi connectivity index (χ4v) is 6.78. The zero-order chi connectivity index (χ0) is 27.7. The minimum absolute atomic E-state index is 0.0485. The van der Waals surface area contributed by atoms with E-state index in [1.165, 1.54) is 24.2 Å². The number of ether oxygens (including phenoxy) is 1. The van der Waals surface area contributed by atoms with Crippen LogP contribution in [0.25, 0.3) is 0 Å². The fourth-order valence-electron chi connectivity index (χ4n) is 6.60. The number of allylic oxidation sites excluding steroid dienone is 6. The maximum Gasteiger partial charge on any atom is 0.238 e. The number of Topliss-reactive ketones (excluding diaryl/α,β-unsaturated/α-hetero) is 1. The van der Waals surface area contributed by atoms with Gasteiger partial charge < -0.3 is 9.84 Å². The summed E-state index contributed by atoms with van der Waals surface area (Å²) in [6.45, 7) is 3.44. The smallest absolute Gasteiger partial charge is 0.238 e. The molecule has 1 aliphatic heterocycles. The first kappa shape index (κ1) is 25.3. The molecule has 4 aliphatic rings. The van der Waals surface area contributed by atoms with Crippen LogP contribution >= 0.6 is 11.6 Å². The maximum atomic E-state index is 14.0. The van der Waals surface area contributed by atoms with Gasteiger partial charge in [-0.3, -0.25) is 19.2 Å². The van der Waals surface area contributed by atoms with Crippen LogP contribution in [0.3, 0.4) is 0 Å². The number of aryl methyl sites for hydroxylation is 1. The number of rotatable bonds is 3. The van der Waals surface area contributed by atoms with Crippen LogP contribution in [0.1, 0.15) is 36.8 Å². The van der Waals surface area contributed by atoms with Crippen molar-refractivity contribution in [3.8, 4) is 11.5 Å². The van der Waals surface area contributed by atoms with Crippen molar-refractivity contribution in [2.24, 2.45) is 17.8 Å². The molecule has 0 aromatic heterocycles. The van der Waals surface area contributed by atoms with E-state index in [0.29, 0.717) is 45.2 Å². The zero-order valence-corrected chi connectivity index (χ0v) is 22.4. The van der Waals surface area contributed by atoms with Gasteiger partial charge in [-0.25, -0.2) is 4.90 Å². The van der Waals surface area contributed by atoms with E-state index in [-0.39, 0.29) is 35.6 Å². The quantitative estimate of drug-likeness (QED) is 0.332. The van der Waals surface area contributed by atoms with E-state index in [0.717, 1.165) is 11.1 Å². The molecule has 8 heteroatoms. The third-order valence-electron chi connectivity index (χ3n) is 8.52. The Balaban J connectivity index is 1.50. The number of amides is 2. The molecule has 2 aromatic rings. The van der Waals surface area contributed by atoms with E-state index in [4.69, 9.17) is 16.3 Å². The van der Waals surface area contributed by atoms with Crippen LogP contribution in [-0.2, 0) is 19.2 Å². The molecular formula is C31H26ClNO6. The molecule has 1 heterocycles. The number of benzene rings is 2. The molecule has 198 valence electrons. The van der Waals surface area contributed by atoms with Crippen LogP contribution in [0.4, 0.5) is 5.69 Å². The van der Waals surface area contributed by atoms with Gasteiger partial charge in [-0.2, -0.15) is 0 Å². The number of methoxy groups -OCH3 is 1. The van der Waals surface area contributed by atoms with Crippen LogP contribution in [0.5, 0.6) is 11.5 Å². The molecule has 39 heavy (non-hydrogen) atoms. The Morgan fingerprint density at radius 2 is 1.77 bits per heavy atom. The first-order valence-corrected chi connectivity index (χ1v) is 13.2. The number of fused-ring (bicyclic) bond motifs is 3. The maximum absolute atomic E-state index is 14.0. The summed E-state index contributed by atoms with van der Waals surface area (Å²) < 4.78 is 5.39. The lowest BCUT2D eigenvalue weighted by Crippen LogP contribution is -2.39. The van der Waals surface area contributed by atoms with E-state index in [2.05, 4.69) is 0 Å². The van der Waals surface area contributed by atoms with Gasteiger partial charge in [0.25, 0.3) is 0 Å². The average molecular weight is 544 g/mol. The fraction of sp³-hybridized carbons (Fsp3) is 0.290. The second kappa shape index (κ2) is 9.06. The second-order valence-electron chi connectivity index (χ2n) is 10.6. The summed E-state index contributed by atoms with van der Waals surface area (Å²) in [5.41, 5.74) is 3.41. The number of phenols is 1. The summed E-state index contributed by atoms with van der Waals surface area (Å²) in [5.74, 6) is -3.31. The molecule has 3 aliphatic carbocycles. The number of anilines is 1. The Kier molecular flexibility index (Phi) is 5.88. The zero-order valence-electron chi connectivity index (χ0n) is 21.7. The third-order valence-corrected chi connectivity index (χ3v) is 8.93. The van der Waals surface area contributed by atoms with E-state index in [1.807, 2.05) is 13.0 Å². The minimum atomic E-state index is -0.749. The standard InChI is InChI=1S/C31H26ClNO6/c1-14-4-5-16(11-23(14)32)33-30(37)19-8-7-18-20(27(19)31(33)38)13-22-28(25(35)10-15(2)29(22)36)26(18)21-12-17(39-3)6-9-24(21)34/h4-7,9-12,19-20,26-27,34H,8,13H2,1-3H3/t19-,20+,26+,27-/m0/s1. The number of hydrogen-bond acceptors (Lipinski definition) is 6. The second-order valence-corrected chi connectivity index (χ2v) is 11.0. The van der Waals surface area contributed by atoms with Gasteiger partial charge in [-0.15, -0.1) is 0 Å². The van der Waals surface area contributed by atoms with Crippen molar-refractivity contribution in [3.63, 3.8) is 0 Å². The van der Waals surface area contributed by atoms with Gasteiger partial charge in [0.1, 0.15) is 11.5 Å². The minimum Gasteiger partial charge on any atom is -0.508 e. The monoisotopic (exact) mass is 543 g/mol. The highest BCUT2D eigenvalue weighted by atomic mass is 35.5. The molecule has 0 unspecified atom stereocenters. The predicted octanol–water partition coefficient (Wildman–Crippen LogP) is 5.00. The summed E-state index contributed by atoms with van der Waals surface area (Å²) >= 11 is 6.32. The normalized spacial score (nSPS) is 26.2. The van der Waals surface area contributed by atoms with Crippen molar-refractivity contribution in [3.05, 3.63) is 87.0 Å². The molecule has 1 fully saturated rings. The molecule has 0 spiro atoms. The Morgan fingerprint density at radius 1 is 1.00 bits per heavy atom. The molecule has 2 aromatic carbocycles. The van der Waals surface area contributed by atoms with Gasteiger partial charge in [-0.1, -0.05) is 29.3 Å². The third kappa shape index (κ3) is 3.71. The molecule has 2 amide bonds. The first-order chi connectivity index (χ1) is 18.6. The van der Waals surface area contributed by atoms with Crippen molar-refractivity contribution in [2.75, 3.05) is 12.0 Å². The highest BCUT2D eigenvalue weighted by molar-refractivity contribution is 6.32. The number of phenolic OH excluding ortho intramolecular Hbond substituents is 1. The molecule has 6 rings (SSSR count). The summed E-state index contributed by atoms with van der Waals surface area (Å²) in [7, 11) is 1.51. The highest BCUT2D eigenvalue weighted by Gasteiger charge is 2.56. The number of ketones is 2. The van der Waals surface area contributed by atoms with Gasteiger partial charge >= 0.3 is 0 Å². The van der Waals surface area contributed by atoms with Crippen molar-refractivity contribution >= 4 is 40.7 Å². The van der Waals surface area contributed by atoms with E-state index >= 15 is 0 Å². The van der Waals surface area contributed by atoms with Gasteiger partial charge in [0.2, 0.25) is 11.8 Å². The topological polar surface area (TPSA) is 101 Å². The highest BCUT2D eigenvalue weighted by Crippen LogP contribution is 2.56. The Bertz CT molecular complexity index is 1600. The van der Waals surface area contributed by atoms with Crippen LogP contribution in [0.2, 0.25) is 5.02 Å². The van der Waals surface area contributed by atoms with Crippen LogP contribution in [0.15, 0.2) is 70.8 Å². The lowest BCUT2D eigenvalue weighted by molar-refractivity contribution is -0.123. The number of carbonyl (C=O) groups is 4. The van der Waals surface area contributed by atoms with Gasteiger partial charge in [0.15, 0.2) is 11.6 Å².